The molecule has 3 N–H and O–H groups in total. The van der Waals surface area contributed by atoms with Crippen LogP contribution in [0.5, 0.6) is 0 Å². The number of hydrogen-bond donors (Lipinski definition) is 2. The number of nitrogen functional groups attached to an aromatic ring is 1. The molecule has 0 unspecified atom stereocenters. The number of carbonyl (C=O) groups is 1. The number of amides is 1. The molecule has 1 aliphatic carbocycles. The van der Waals surface area contributed by atoms with Gasteiger partial charge in [0.25, 0.3) is 5.91 Å². The molecule has 1 aliphatic rings. The Kier molecular flexibility index (Phi) is 4.67. The maximum Gasteiger partial charge on any atom is 0.272 e. The van der Waals surface area contributed by atoms with Crippen molar-refractivity contribution in [2.45, 2.75) is 32.6 Å². The van der Waals surface area contributed by atoms with E-state index in [9.17, 15) is 4.79 Å². The molecule has 27 heavy (non-hydrogen) atoms. The minimum Gasteiger partial charge on any atom is -0.399 e. The quantitative estimate of drug-likeness (QED) is 0.686. The fraction of sp³-hybridized carbons (Fsp3) is 0.273. The molecule has 1 aromatic heterocycles. The van der Waals surface area contributed by atoms with E-state index in [0.717, 1.165) is 48.2 Å². The molecule has 0 saturated carbocycles. The van der Waals surface area contributed by atoms with E-state index in [1.165, 1.54) is 11.3 Å². The van der Waals surface area contributed by atoms with Crippen LogP contribution in [0.1, 0.15) is 39.3 Å². The Balaban J connectivity index is 1.49. The first-order chi connectivity index (χ1) is 13.1. The monoisotopic (exact) mass is 360 g/mol. The topological polar surface area (TPSA) is 72.9 Å². The largest absolute Gasteiger partial charge is 0.399 e. The van der Waals surface area contributed by atoms with Gasteiger partial charge < -0.3 is 11.1 Å². The van der Waals surface area contributed by atoms with Crippen LogP contribution in [0.15, 0.2) is 48.5 Å². The zero-order valence-electron chi connectivity index (χ0n) is 15.5. The number of rotatable bonds is 5. The van der Waals surface area contributed by atoms with Crippen molar-refractivity contribution in [3.8, 4) is 5.69 Å². The number of fused-ring (bicyclic) bond motifs is 1. The number of anilines is 1. The van der Waals surface area contributed by atoms with Gasteiger partial charge in [-0.3, -0.25) is 4.79 Å². The molecule has 5 nitrogen and oxygen atoms in total. The van der Waals surface area contributed by atoms with Crippen LogP contribution < -0.4 is 11.1 Å². The number of nitrogens with one attached hydrogen (secondary N) is 1. The van der Waals surface area contributed by atoms with Gasteiger partial charge in [0, 0.05) is 23.5 Å². The van der Waals surface area contributed by atoms with Gasteiger partial charge in [-0.1, -0.05) is 29.8 Å². The Hall–Kier alpha value is -3.08. The van der Waals surface area contributed by atoms with Crippen LogP contribution >= 0.6 is 0 Å². The van der Waals surface area contributed by atoms with Gasteiger partial charge in [0.05, 0.1) is 5.69 Å². The Labute approximate surface area is 159 Å². The molecular formula is C22H24N4O. The molecule has 0 spiro atoms. The number of benzene rings is 2. The summed E-state index contributed by atoms with van der Waals surface area (Å²) >= 11 is 0. The number of hydrogen-bond acceptors (Lipinski definition) is 3. The van der Waals surface area contributed by atoms with E-state index in [4.69, 9.17) is 5.73 Å². The normalized spacial score (nSPS) is 12.8. The Morgan fingerprint density at radius 1 is 1.11 bits per heavy atom. The van der Waals surface area contributed by atoms with E-state index in [0.29, 0.717) is 12.2 Å². The minimum absolute atomic E-state index is 0.0885. The van der Waals surface area contributed by atoms with Crippen molar-refractivity contribution in [2.24, 2.45) is 0 Å². The van der Waals surface area contributed by atoms with E-state index in [-0.39, 0.29) is 5.91 Å². The Bertz CT molecular complexity index is 955. The first-order valence-corrected chi connectivity index (χ1v) is 9.42. The van der Waals surface area contributed by atoms with Crippen LogP contribution in [0.25, 0.3) is 5.69 Å². The molecule has 4 rings (SSSR count). The van der Waals surface area contributed by atoms with Gasteiger partial charge in [-0.2, -0.15) is 5.10 Å². The first-order valence-electron chi connectivity index (χ1n) is 9.42. The fourth-order valence-corrected chi connectivity index (χ4v) is 3.61. The van der Waals surface area contributed by atoms with Crippen molar-refractivity contribution >= 4 is 11.6 Å². The van der Waals surface area contributed by atoms with Gasteiger partial charge in [-0.25, -0.2) is 4.68 Å². The molecule has 0 radical (unpaired) electrons. The van der Waals surface area contributed by atoms with Crippen molar-refractivity contribution in [1.82, 2.24) is 15.1 Å². The number of carbonyl (C=O) groups excluding carboxylic acids is 1. The van der Waals surface area contributed by atoms with E-state index in [2.05, 4.69) is 41.6 Å². The summed E-state index contributed by atoms with van der Waals surface area (Å²) in [4.78, 5) is 12.7. The van der Waals surface area contributed by atoms with E-state index >= 15 is 0 Å². The predicted octanol–water partition coefficient (Wildman–Crippen LogP) is 3.22. The Morgan fingerprint density at radius 2 is 1.85 bits per heavy atom. The average molecular weight is 360 g/mol. The third kappa shape index (κ3) is 3.58. The highest BCUT2D eigenvalue weighted by Crippen LogP contribution is 2.28. The number of nitrogens with two attached hydrogens (primary N) is 1. The van der Waals surface area contributed by atoms with Gasteiger partial charge in [0.15, 0.2) is 5.69 Å². The predicted molar refractivity (Wildman–Crippen MR) is 107 cm³/mol. The third-order valence-corrected chi connectivity index (χ3v) is 5.10. The summed E-state index contributed by atoms with van der Waals surface area (Å²) in [5, 5.41) is 7.68. The lowest BCUT2D eigenvalue weighted by molar-refractivity contribution is 0.0948. The SMILES string of the molecule is Cc1ccc(-n2nc(C(=O)NCCc3ccc(N)cc3)c3c2CCC3)cc1. The number of aryl methyl sites for hydroxylation is 1. The number of nitrogens with zero attached hydrogens (tertiary/aromatic N) is 2. The van der Waals surface area contributed by atoms with Gasteiger partial charge in [-0.15, -0.1) is 0 Å². The summed E-state index contributed by atoms with van der Waals surface area (Å²) in [5.74, 6) is -0.0885. The van der Waals surface area contributed by atoms with Gasteiger partial charge in [0.1, 0.15) is 0 Å². The number of aromatic nitrogens is 2. The van der Waals surface area contributed by atoms with E-state index < -0.39 is 0 Å². The molecule has 1 heterocycles. The summed E-state index contributed by atoms with van der Waals surface area (Å²) in [6.07, 6.45) is 3.73. The lowest BCUT2D eigenvalue weighted by Gasteiger charge is -2.06. The fourth-order valence-electron chi connectivity index (χ4n) is 3.61. The summed E-state index contributed by atoms with van der Waals surface area (Å²) < 4.78 is 1.94. The second-order valence-electron chi connectivity index (χ2n) is 7.12. The third-order valence-electron chi connectivity index (χ3n) is 5.10. The molecule has 0 atom stereocenters. The van der Waals surface area contributed by atoms with Crippen molar-refractivity contribution in [3.05, 3.63) is 76.6 Å². The lowest BCUT2D eigenvalue weighted by Crippen LogP contribution is -2.27. The van der Waals surface area contributed by atoms with Crippen LogP contribution in [-0.2, 0) is 19.3 Å². The Morgan fingerprint density at radius 3 is 2.59 bits per heavy atom. The highest BCUT2D eigenvalue weighted by Gasteiger charge is 2.26. The van der Waals surface area contributed by atoms with Gasteiger partial charge in [0.2, 0.25) is 0 Å². The molecule has 0 bridgehead atoms. The molecular weight excluding hydrogens is 336 g/mol. The molecule has 3 aromatic rings. The average Bonchev–Trinajstić information content (AvgIpc) is 3.27. The second-order valence-corrected chi connectivity index (χ2v) is 7.12. The van der Waals surface area contributed by atoms with Crippen LogP contribution in [0.3, 0.4) is 0 Å². The van der Waals surface area contributed by atoms with E-state index in [1.54, 1.807) is 0 Å². The summed E-state index contributed by atoms with van der Waals surface area (Å²) in [6.45, 7) is 2.64. The maximum absolute atomic E-state index is 12.7. The second kappa shape index (κ2) is 7.27. The molecule has 1 amide bonds. The summed E-state index contributed by atoms with van der Waals surface area (Å²) in [7, 11) is 0. The highest BCUT2D eigenvalue weighted by molar-refractivity contribution is 5.94. The first kappa shape index (κ1) is 17.3. The molecule has 0 aliphatic heterocycles. The summed E-state index contributed by atoms with van der Waals surface area (Å²) in [5.41, 5.74) is 12.7. The van der Waals surface area contributed by atoms with Crippen LogP contribution in [0, 0.1) is 6.92 Å². The molecule has 5 heteroatoms. The smallest absolute Gasteiger partial charge is 0.272 e. The molecule has 0 fully saturated rings. The summed E-state index contributed by atoms with van der Waals surface area (Å²) in [6, 6.07) is 16.0. The van der Waals surface area contributed by atoms with Crippen molar-refractivity contribution < 1.29 is 4.79 Å². The minimum atomic E-state index is -0.0885. The molecule has 0 saturated heterocycles. The van der Waals surface area contributed by atoms with Crippen LogP contribution in [0.4, 0.5) is 5.69 Å². The lowest BCUT2D eigenvalue weighted by atomic mass is 10.1. The zero-order valence-corrected chi connectivity index (χ0v) is 15.5. The maximum atomic E-state index is 12.7. The van der Waals surface area contributed by atoms with Crippen molar-refractivity contribution in [2.75, 3.05) is 12.3 Å². The van der Waals surface area contributed by atoms with Crippen molar-refractivity contribution in [1.29, 1.82) is 0 Å². The molecule has 138 valence electrons. The van der Waals surface area contributed by atoms with Crippen molar-refractivity contribution in [3.63, 3.8) is 0 Å². The van der Waals surface area contributed by atoms with E-state index in [1.807, 2.05) is 28.9 Å². The zero-order chi connectivity index (χ0) is 18.8. The standard InChI is InChI=1S/C22H24N4O/c1-15-5-11-18(12-6-15)26-20-4-2-3-19(20)21(25-26)22(27)24-14-13-16-7-9-17(23)10-8-16/h5-12H,2-4,13-14,23H2,1H3,(H,24,27). The van der Waals surface area contributed by atoms with Crippen LogP contribution in [0.2, 0.25) is 0 Å². The van der Waals surface area contributed by atoms with Gasteiger partial charge >= 0.3 is 0 Å². The highest BCUT2D eigenvalue weighted by atomic mass is 16.1. The molecule has 2 aromatic carbocycles. The van der Waals surface area contributed by atoms with Gasteiger partial charge in [-0.05, 0) is 62.4 Å². The van der Waals surface area contributed by atoms with Crippen LogP contribution in [-0.4, -0.2) is 22.2 Å².